The second kappa shape index (κ2) is 5.99. The third kappa shape index (κ3) is 3.27. The Balaban J connectivity index is 1.46. The van der Waals surface area contributed by atoms with Crippen molar-refractivity contribution in [3.63, 3.8) is 0 Å². The zero-order valence-electron chi connectivity index (χ0n) is 13.1. The fourth-order valence-electron chi connectivity index (χ4n) is 2.85. The maximum atomic E-state index is 12.6. The highest BCUT2D eigenvalue weighted by molar-refractivity contribution is 5.47. The summed E-state index contributed by atoms with van der Waals surface area (Å²) in [5, 5.41) is 4.47. The van der Waals surface area contributed by atoms with Gasteiger partial charge in [-0.05, 0) is 17.7 Å². The lowest BCUT2D eigenvalue weighted by atomic mass is 10.2. The number of fused-ring (bicyclic) bond motifs is 1. The molecule has 1 aliphatic heterocycles. The van der Waals surface area contributed by atoms with Crippen molar-refractivity contribution in [2.45, 2.75) is 25.8 Å². The Bertz CT molecular complexity index is 855. The fraction of sp³-hybridized carbons (Fsp3) is 0.312. The number of aromatic nitrogens is 4. The summed E-state index contributed by atoms with van der Waals surface area (Å²) in [6.07, 6.45) is -0.0610. The van der Waals surface area contributed by atoms with Gasteiger partial charge in [0.2, 0.25) is 5.89 Å². The molecule has 0 amide bonds. The molecule has 1 aliphatic rings. The number of alkyl halides is 3. The van der Waals surface area contributed by atoms with E-state index in [9.17, 15) is 13.2 Å². The van der Waals surface area contributed by atoms with Crippen molar-refractivity contribution in [2.75, 3.05) is 6.54 Å². The third-order valence-corrected chi connectivity index (χ3v) is 4.05. The number of hydrogen-bond donors (Lipinski definition) is 0. The normalized spacial score (nSPS) is 15.3. The van der Waals surface area contributed by atoms with Crippen LogP contribution in [0.4, 0.5) is 13.2 Å². The van der Waals surface area contributed by atoms with E-state index >= 15 is 0 Å². The van der Waals surface area contributed by atoms with Crippen LogP contribution in [0.1, 0.15) is 17.0 Å². The molecule has 25 heavy (non-hydrogen) atoms. The number of pyridine rings is 1. The van der Waals surface area contributed by atoms with Crippen LogP contribution in [0.15, 0.2) is 41.3 Å². The van der Waals surface area contributed by atoms with Crippen LogP contribution in [-0.4, -0.2) is 31.2 Å². The van der Waals surface area contributed by atoms with E-state index in [1.54, 1.807) is 6.20 Å². The Kier molecular flexibility index (Phi) is 3.79. The quantitative estimate of drug-likeness (QED) is 0.728. The molecule has 0 aromatic carbocycles. The predicted molar refractivity (Wildman–Crippen MR) is 81.1 cm³/mol. The Morgan fingerprint density at radius 3 is 2.72 bits per heavy atom. The summed E-state index contributed by atoms with van der Waals surface area (Å²) in [7, 11) is 0. The smallest absolute Gasteiger partial charge is 0.433 e. The van der Waals surface area contributed by atoms with Gasteiger partial charge in [-0.3, -0.25) is 14.6 Å². The molecule has 4 rings (SSSR count). The lowest BCUT2D eigenvalue weighted by molar-refractivity contribution is -0.141. The molecule has 9 heteroatoms. The largest absolute Gasteiger partial charge is 0.443 e. The van der Waals surface area contributed by atoms with E-state index in [0.29, 0.717) is 31.2 Å². The van der Waals surface area contributed by atoms with E-state index in [4.69, 9.17) is 4.42 Å². The summed E-state index contributed by atoms with van der Waals surface area (Å²) < 4.78 is 44.9. The van der Waals surface area contributed by atoms with E-state index < -0.39 is 11.9 Å². The van der Waals surface area contributed by atoms with Gasteiger partial charge in [0.1, 0.15) is 17.7 Å². The van der Waals surface area contributed by atoms with Crippen molar-refractivity contribution >= 4 is 0 Å². The van der Waals surface area contributed by atoms with Crippen LogP contribution in [0.25, 0.3) is 11.6 Å². The standard InChI is InChI=1S/C16H14F3N5O/c17-16(18,19)14-2-1-11(8-21-14)9-23-4-5-24-12(10-23)7-13(22-24)15-20-3-6-25-15/h1-3,6-8H,4-5,9-10H2. The van der Waals surface area contributed by atoms with Gasteiger partial charge in [0.15, 0.2) is 0 Å². The zero-order valence-corrected chi connectivity index (χ0v) is 13.1. The molecule has 0 radical (unpaired) electrons. The van der Waals surface area contributed by atoms with Crippen molar-refractivity contribution in [2.24, 2.45) is 0 Å². The first-order valence-corrected chi connectivity index (χ1v) is 7.70. The predicted octanol–water partition coefficient (Wildman–Crippen LogP) is 2.97. The van der Waals surface area contributed by atoms with Gasteiger partial charge in [0.25, 0.3) is 0 Å². The van der Waals surface area contributed by atoms with Crippen LogP contribution < -0.4 is 0 Å². The van der Waals surface area contributed by atoms with Gasteiger partial charge >= 0.3 is 6.18 Å². The lowest BCUT2D eigenvalue weighted by Gasteiger charge is -2.27. The summed E-state index contributed by atoms with van der Waals surface area (Å²) in [6, 6.07) is 4.41. The molecule has 0 saturated heterocycles. The van der Waals surface area contributed by atoms with Gasteiger partial charge in [0, 0.05) is 25.8 Å². The lowest BCUT2D eigenvalue weighted by Crippen LogP contribution is -2.33. The summed E-state index contributed by atoms with van der Waals surface area (Å²) in [5.74, 6) is 0.473. The van der Waals surface area contributed by atoms with Crippen LogP contribution in [0.2, 0.25) is 0 Å². The number of halogens is 3. The molecule has 6 nitrogen and oxygen atoms in total. The zero-order chi connectivity index (χ0) is 17.4. The van der Waals surface area contributed by atoms with E-state index in [1.165, 1.54) is 18.5 Å². The highest BCUT2D eigenvalue weighted by Gasteiger charge is 2.32. The van der Waals surface area contributed by atoms with Crippen molar-refractivity contribution in [1.29, 1.82) is 0 Å². The number of oxazole rings is 1. The highest BCUT2D eigenvalue weighted by atomic mass is 19.4. The van der Waals surface area contributed by atoms with E-state index in [2.05, 4.69) is 20.0 Å². The van der Waals surface area contributed by atoms with Crippen LogP contribution in [-0.2, 0) is 25.8 Å². The number of rotatable bonds is 3. The van der Waals surface area contributed by atoms with E-state index in [-0.39, 0.29) is 0 Å². The highest BCUT2D eigenvalue weighted by Crippen LogP contribution is 2.27. The van der Waals surface area contributed by atoms with Crippen molar-refractivity contribution in [1.82, 2.24) is 24.6 Å². The molecular formula is C16H14F3N5O. The maximum absolute atomic E-state index is 12.6. The monoisotopic (exact) mass is 349 g/mol. The number of hydrogen-bond acceptors (Lipinski definition) is 5. The molecule has 0 bridgehead atoms. The van der Waals surface area contributed by atoms with Crippen LogP contribution in [0.3, 0.4) is 0 Å². The molecule has 3 aromatic heterocycles. The Hall–Kier alpha value is -2.68. The molecular weight excluding hydrogens is 335 g/mol. The SMILES string of the molecule is FC(F)(F)c1ccc(CN2CCn3nc(-c4ncco4)cc3C2)cn1. The van der Waals surface area contributed by atoms with Crippen LogP contribution >= 0.6 is 0 Å². The molecule has 0 unspecified atom stereocenters. The molecule has 0 spiro atoms. The first-order valence-electron chi connectivity index (χ1n) is 7.70. The molecule has 3 aromatic rings. The van der Waals surface area contributed by atoms with E-state index in [1.807, 2.05) is 10.7 Å². The topological polar surface area (TPSA) is 60.0 Å². The third-order valence-electron chi connectivity index (χ3n) is 4.05. The van der Waals surface area contributed by atoms with Crippen molar-refractivity contribution < 1.29 is 17.6 Å². The molecule has 0 N–H and O–H groups in total. The first-order chi connectivity index (χ1) is 12.0. The summed E-state index contributed by atoms with van der Waals surface area (Å²) >= 11 is 0. The second-order valence-corrected chi connectivity index (χ2v) is 5.84. The average molecular weight is 349 g/mol. The van der Waals surface area contributed by atoms with Gasteiger partial charge in [0.05, 0.1) is 18.4 Å². The van der Waals surface area contributed by atoms with Gasteiger partial charge in [-0.25, -0.2) is 4.98 Å². The first kappa shape index (κ1) is 15.8. The second-order valence-electron chi connectivity index (χ2n) is 5.84. The van der Waals surface area contributed by atoms with Gasteiger partial charge in [-0.2, -0.15) is 18.3 Å². The van der Waals surface area contributed by atoms with Crippen LogP contribution in [0.5, 0.6) is 0 Å². The minimum Gasteiger partial charge on any atom is -0.443 e. The van der Waals surface area contributed by atoms with Gasteiger partial charge < -0.3 is 4.42 Å². The van der Waals surface area contributed by atoms with Gasteiger partial charge in [-0.15, -0.1) is 0 Å². The van der Waals surface area contributed by atoms with E-state index in [0.717, 1.165) is 23.9 Å². The molecule has 0 saturated carbocycles. The Morgan fingerprint density at radius 2 is 2.04 bits per heavy atom. The summed E-state index contributed by atoms with van der Waals surface area (Å²) in [5.41, 5.74) is 1.56. The summed E-state index contributed by atoms with van der Waals surface area (Å²) in [4.78, 5) is 9.74. The van der Waals surface area contributed by atoms with Gasteiger partial charge in [-0.1, -0.05) is 6.07 Å². The van der Waals surface area contributed by atoms with Crippen molar-refractivity contribution in [3.8, 4) is 11.6 Å². The minimum absolute atomic E-state index is 0.473. The van der Waals surface area contributed by atoms with Crippen molar-refractivity contribution in [3.05, 3.63) is 53.8 Å². The average Bonchev–Trinajstić information content (AvgIpc) is 3.23. The summed E-state index contributed by atoms with van der Waals surface area (Å²) in [6.45, 7) is 2.63. The minimum atomic E-state index is -4.41. The molecule has 0 aliphatic carbocycles. The molecule has 0 atom stereocenters. The number of nitrogens with zero attached hydrogens (tertiary/aromatic N) is 5. The fourth-order valence-corrected chi connectivity index (χ4v) is 2.85. The van der Waals surface area contributed by atoms with Crippen LogP contribution in [0, 0.1) is 0 Å². The molecule has 130 valence electrons. The molecule has 4 heterocycles. The Labute approximate surface area is 140 Å². The Morgan fingerprint density at radius 1 is 1.16 bits per heavy atom. The molecule has 0 fully saturated rings. The maximum Gasteiger partial charge on any atom is 0.433 e.